The van der Waals surface area contributed by atoms with Crippen molar-refractivity contribution in [1.82, 2.24) is 9.97 Å². The zero-order valence-corrected chi connectivity index (χ0v) is 18.7. The molecular weight excluding hydrogens is 526 g/mol. The van der Waals surface area contributed by atoms with E-state index in [1.807, 2.05) is 19.9 Å². The van der Waals surface area contributed by atoms with E-state index in [0.717, 1.165) is 20.3 Å². The van der Waals surface area contributed by atoms with Gasteiger partial charge in [-0.3, -0.25) is 4.79 Å². The Hall–Kier alpha value is -0.640. The van der Waals surface area contributed by atoms with Gasteiger partial charge in [0, 0.05) is 15.9 Å². The smallest absolute Gasteiger partial charge is 0.234 e. The number of aromatic nitrogens is 2. The van der Waals surface area contributed by atoms with Crippen LogP contribution in [0.15, 0.2) is 30.7 Å². The fourth-order valence-corrected chi connectivity index (χ4v) is 4.40. The minimum atomic E-state index is -0.152. The number of anilines is 1. The fourth-order valence-electron chi connectivity index (χ4n) is 1.90. The molecule has 0 spiro atoms. The highest BCUT2D eigenvalue weighted by atomic mass is 79.9. The van der Waals surface area contributed by atoms with Crippen LogP contribution in [-0.2, 0) is 4.79 Å². The number of nitrogens with zero attached hydrogens (tertiary/aromatic N) is 2. The van der Waals surface area contributed by atoms with Crippen LogP contribution in [0.25, 0.3) is 0 Å². The molecule has 128 valence electrons. The molecular formula is C15H14Br3N3O2S. The standard InChI is InChI=1S/C15H14Br3N3O2S/c1-7-4-8(2)20-15(19-7)24-6-11(22)21-14-9(16)5-10(23-3)12(17)13(14)18/h4-5H,6H2,1-3H3,(H,21,22). The lowest BCUT2D eigenvalue weighted by atomic mass is 10.3. The molecule has 0 atom stereocenters. The second kappa shape index (κ2) is 8.64. The van der Waals surface area contributed by atoms with E-state index in [-0.39, 0.29) is 11.7 Å². The number of thioether (sulfide) groups is 1. The van der Waals surface area contributed by atoms with Gasteiger partial charge >= 0.3 is 0 Å². The third kappa shape index (κ3) is 4.93. The van der Waals surface area contributed by atoms with Crippen LogP contribution in [0.2, 0.25) is 0 Å². The Morgan fingerprint density at radius 3 is 2.38 bits per heavy atom. The first-order valence-corrected chi connectivity index (χ1v) is 10.1. The van der Waals surface area contributed by atoms with Gasteiger partial charge in [-0.2, -0.15) is 0 Å². The summed E-state index contributed by atoms with van der Waals surface area (Å²) >= 11 is 11.6. The van der Waals surface area contributed by atoms with Gasteiger partial charge in [0.1, 0.15) is 5.75 Å². The van der Waals surface area contributed by atoms with E-state index in [0.29, 0.717) is 21.1 Å². The summed E-state index contributed by atoms with van der Waals surface area (Å²) in [5.41, 5.74) is 2.40. The number of nitrogens with one attached hydrogen (secondary N) is 1. The Morgan fingerprint density at radius 1 is 1.17 bits per heavy atom. The molecule has 0 fully saturated rings. The summed E-state index contributed by atoms with van der Waals surface area (Å²) in [5.74, 6) is 0.719. The van der Waals surface area contributed by atoms with Crippen LogP contribution in [0.3, 0.4) is 0 Å². The molecule has 0 aliphatic rings. The van der Waals surface area contributed by atoms with Gasteiger partial charge in [-0.15, -0.1) is 0 Å². The van der Waals surface area contributed by atoms with Crippen LogP contribution in [0.5, 0.6) is 5.75 Å². The number of carbonyl (C=O) groups excluding carboxylic acids is 1. The van der Waals surface area contributed by atoms with Gasteiger partial charge in [-0.05, 0) is 73.8 Å². The Bertz CT molecular complexity index is 767. The summed E-state index contributed by atoms with van der Waals surface area (Å²) in [6, 6.07) is 3.68. The van der Waals surface area contributed by atoms with E-state index in [1.165, 1.54) is 11.8 Å². The fraction of sp³-hybridized carbons (Fsp3) is 0.267. The minimum Gasteiger partial charge on any atom is -0.495 e. The minimum absolute atomic E-state index is 0.152. The number of ether oxygens (including phenoxy) is 1. The van der Waals surface area contributed by atoms with Crippen molar-refractivity contribution in [3.8, 4) is 5.75 Å². The van der Waals surface area contributed by atoms with Gasteiger partial charge in [0.25, 0.3) is 0 Å². The van der Waals surface area contributed by atoms with Gasteiger partial charge in [-0.1, -0.05) is 11.8 Å². The number of rotatable bonds is 5. The average Bonchev–Trinajstić information content (AvgIpc) is 2.52. The first-order chi connectivity index (χ1) is 11.3. The highest BCUT2D eigenvalue weighted by Crippen LogP contribution is 2.42. The molecule has 0 bridgehead atoms. The van der Waals surface area contributed by atoms with Crippen LogP contribution >= 0.6 is 59.6 Å². The Labute approximate surface area is 169 Å². The first kappa shape index (κ1) is 19.7. The van der Waals surface area contributed by atoms with Gasteiger partial charge < -0.3 is 10.1 Å². The average molecular weight is 540 g/mol. The molecule has 1 amide bonds. The van der Waals surface area contributed by atoms with Crippen LogP contribution in [0.4, 0.5) is 5.69 Å². The molecule has 1 aromatic heterocycles. The number of aryl methyl sites for hydroxylation is 2. The summed E-state index contributed by atoms with van der Waals surface area (Å²) in [7, 11) is 1.58. The second-order valence-electron chi connectivity index (χ2n) is 4.83. The van der Waals surface area contributed by atoms with Crippen molar-refractivity contribution in [1.29, 1.82) is 0 Å². The summed E-state index contributed by atoms with van der Waals surface area (Å²) in [6.07, 6.45) is 0. The van der Waals surface area contributed by atoms with Crippen molar-refractivity contribution < 1.29 is 9.53 Å². The van der Waals surface area contributed by atoms with Gasteiger partial charge in [0.2, 0.25) is 5.91 Å². The zero-order chi connectivity index (χ0) is 17.9. The van der Waals surface area contributed by atoms with Crippen molar-refractivity contribution >= 4 is 71.1 Å². The predicted molar refractivity (Wildman–Crippen MR) is 107 cm³/mol. The Balaban J connectivity index is 2.09. The molecule has 0 radical (unpaired) electrons. The van der Waals surface area contributed by atoms with Crippen LogP contribution in [0.1, 0.15) is 11.4 Å². The molecule has 0 aliphatic carbocycles. The molecule has 2 aromatic rings. The van der Waals surface area contributed by atoms with Gasteiger partial charge in [0.15, 0.2) is 5.16 Å². The van der Waals surface area contributed by atoms with E-state index >= 15 is 0 Å². The molecule has 0 saturated carbocycles. The number of hydrogen-bond donors (Lipinski definition) is 1. The van der Waals surface area contributed by atoms with Crippen molar-refractivity contribution in [2.45, 2.75) is 19.0 Å². The molecule has 2 rings (SSSR count). The first-order valence-electron chi connectivity index (χ1n) is 6.78. The molecule has 24 heavy (non-hydrogen) atoms. The Morgan fingerprint density at radius 2 is 1.79 bits per heavy atom. The lowest BCUT2D eigenvalue weighted by Gasteiger charge is -2.13. The number of methoxy groups -OCH3 is 1. The number of hydrogen-bond acceptors (Lipinski definition) is 5. The normalized spacial score (nSPS) is 10.6. The number of amides is 1. The topological polar surface area (TPSA) is 64.1 Å². The van der Waals surface area contributed by atoms with E-state index in [9.17, 15) is 4.79 Å². The summed E-state index contributed by atoms with van der Waals surface area (Å²) in [5, 5.41) is 3.47. The van der Waals surface area contributed by atoms with Gasteiger partial charge in [0.05, 0.1) is 27.5 Å². The maximum absolute atomic E-state index is 12.3. The van der Waals surface area contributed by atoms with Crippen molar-refractivity contribution in [3.63, 3.8) is 0 Å². The number of benzene rings is 1. The van der Waals surface area contributed by atoms with E-state index < -0.39 is 0 Å². The molecule has 1 N–H and O–H groups in total. The van der Waals surface area contributed by atoms with E-state index in [4.69, 9.17) is 4.74 Å². The third-order valence-corrected chi connectivity index (χ3v) is 6.49. The highest BCUT2D eigenvalue weighted by Gasteiger charge is 2.16. The predicted octanol–water partition coefficient (Wildman–Crippen LogP) is 5.12. The highest BCUT2D eigenvalue weighted by molar-refractivity contribution is 9.13. The lowest BCUT2D eigenvalue weighted by molar-refractivity contribution is -0.113. The molecule has 0 unspecified atom stereocenters. The largest absolute Gasteiger partial charge is 0.495 e. The molecule has 0 aliphatic heterocycles. The summed E-state index contributed by atoms with van der Waals surface area (Å²) in [6.45, 7) is 3.81. The maximum Gasteiger partial charge on any atom is 0.234 e. The molecule has 0 saturated heterocycles. The Kier molecular flexibility index (Phi) is 7.09. The quantitative estimate of drug-likeness (QED) is 0.324. The van der Waals surface area contributed by atoms with E-state index in [1.54, 1.807) is 13.2 Å². The van der Waals surface area contributed by atoms with Crippen molar-refractivity contribution in [2.24, 2.45) is 0 Å². The van der Waals surface area contributed by atoms with Crippen molar-refractivity contribution in [3.05, 3.63) is 36.9 Å². The van der Waals surface area contributed by atoms with Crippen LogP contribution < -0.4 is 10.1 Å². The SMILES string of the molecule is COc1cc(Br)c(NC(=O)CSc2nc(C)cc(C)n2)c(Br)c1Br. The lowest BCUT2D eigenvalue weighted by Crippen LogP contribution is -2.15. The van der Waals surface area contributed by atoms with Gasteiger partial charge in [-0.25, -0.2) is 9.97 Å². The second-order valence-corrected chi connectivity index (χ2v) is 8.22. The van der Waals surface area contributed by atoms with Crippen molar-refractivity contribution in [2.75, 3.05) is 18.2 Å². The summed E-state index contributed by atoms with van der Waals surface area (Å²) < 4.78 is 7.41. The van der Waals surface area contributed by atoms with Crippen LogP contribution in [-0.4, -0.2) is 28.7 Å². The molecule has 9 heteroatoms. The molecule has 1 aromatic carbocycles. The number of halogens is 3. The van der Waals surface area contributed by atoms with Crippen LogP contribution in [0, 0.1) is 13.8 Å². The third-order valence-electron chi connectivity index (χ3n) is 2.90. The maximum atomic E-state index is 12.3. The number of carbonyl (C=O) groups is 1. The summed E-state index contributed by atoms with van der Waals surface area (Å²) in [4.78, 5) is 20.9. The molecule has 5 nitrogen and oxygen atoms in total. The molecule has 1 heterocycles. The zero-order valence-electron chi connectivity index (χ0n) is 13.1. The monoisotopic (exact) mass is 537 g/mol. The van der Waals surface area contributed by atoms with E-state index in [2.05, 4.69) is 63.1 Å².